The first-order chi connectivity index (χ1) is 13.5. The van der Waals surface area contributed by atoms with Crippen molar-refractivity contribution in [2.45, 2.75) is 18.9 Å². The van der Waals surface area contributed by atoms with Crippen molar-refractivity contribution in [2.24, 2.45) is 0 Å². The van der Waals surface area contributed by atoms with Gasteiger partial charge in [-0.15, -0.1) is 0 Å². The number of amides is 1. The Bertz CT molecular complexity index is 1120. The molecule has 0 fully saturated rings. The average molecular weight is 381 g/mol. The van der Waals surface area contributed by atoms with Crippen LogP contribution in [0.25, 0.3) is 10.9 Å². The Hall–Kier alpha value is -3.68. The number of nitrogens with zero attached hydrogens (tertiary/aromatic N) is 1. The van der Waals surface area contributed by atoms with Gasteiger partial charge in [0.05, 0.1) is 17.3 Å². The fraction of sp³-hybridized carbons (Fsp3) is 0.200. The highest BCUT2D eigenvalue weighted by Gasteiger charge is 2.25. The number of fused-ring (bicyclic) bond motifs is 1. The first-order valence-corrected chi connectivity index (χ1v) is 8.74. The zero-order valence-electron chi connectivity index (χ0n) is 14.9. The first kappa shape index (κ1) is 19.1. The van der Waals surface area contributed by atoms with Gasteiger partial charge in [-0.1, -0.05) is 42.5 Å². The summed E-state index contributed by atoms with van der Waals surface area (Å²) in [6.07, 6.45) is -0.145. The third-order valence-corrected chi connectivity index (χ3v) is 4.36. The minimum atomic E-state index is -1.11. The molecule has 1 heterocycles. The standard InChI is InChI=1S/C20H19N3O5/c24-17(25)10-11-21-18(26)16(12-13-6-2-1-3-7-13)23-19(27)14-8-4-5-9-15(14)22-20(23)28/h1-9,16H,10-12H2,(H,21,26)(H,22,28)(H,24,25). The number of carbonyl (C=O) groups excluding carboxylic acids is 1. The van der Waals surface area contributed by atoms with Gasteiger partial charge in [-0.25, -0.2) is 9.36 Å². The van der Waals surface area contributed by atoms with E-state index in [1.165, 1.54) is 0 Å². The van der Waals surface area contributed by atoms with Gasteiger partial charge in [-0.05, 0) is 17.7 Å². The van der Waals surface area contributed by atoms with Gasteiger partial charge >= 0.3 is 11.7 Å². The lowest BCUT2D eigenvalue weighted by Crippen LogP contribution is -2.45. The number of aromatic amines is 1. The van der Waals surface area contributed by atoms with Crippen molar-refractivity contribution >= 4 is 22.8 Å². The maximum Gasteiger partial charge on any atom is 0.329 e. The topological polar surface area (TPSA) is 121 Å². The number of para-hydroxylation sites is 1. The highest BCUT2D eigenvalue weighted by atomic mass is 16.4. The van der Waals surface area contributed by atoms with E-state index in [2.05, 4.69) is 10.3 Å². The second-order valence-electron chi connectivity index (χ2n) is 6.29. The van der Waals surface area contributed by atoms with Gasteiger partial charge in [-0.3, -0.25) is 14.4 Å². The van der Waals surface area contributed by atoms with Crippen LogP contribution in [0.1, 0.15) is 18.0 Å². The quantitative estimate of drug-likeness (QED) is 0.565. The van der Waals surface area contributed by atoms with E-state index in [1.54, 1.807) is 48.5 Å². The van der Waals surface area contributed by atoms with Gasteiger partial charge in [0.2, 0.25) is 5.91 Å². The zero-order chi connectivity index (χ0) is 20.1. The summed E-state index contributed by atoms with van der Waals surface area (Å²) in [5, 5.41) is 11.6. The van der Waals surface area contributed by atoms with Crippen LogP contribution in [0, 0.1) is 0 Å². The maximum atomic E-state index is 12.9. The zero-order valence-corrected chi connectivity index (χ0v) is 14.9. The van der Waals surface area contributed by atoms with Crippen LogP contribution in [0.5, 0.6) is 0 Å². The van der Waals surface area contributed by atoms with Crippen molar-refractivity contribution in [1.82, 2.24) is 14.9 Å². The lowest BCUT2D eigenvalue weighted by molar-refractivity contribution is -0.137. The molecule has 28 heavy (non-hydrogen) atoms. The van der Waals surface area contributed by atoms with Crippen molar-refractivity contribution in [2.75, 3.05) is 6.54 Å². The summed E-state index contributed by atoms with van der Waals surface area (Å²) in [5.41, 5.74) is -0.120. The summed E-state index contributed by atoms with van der Waals surface area (Å²) >= 11 is 0. The molecule has 8 nitrogen and oxygen atoms in total. The largest absolute Gasteiger partial charge is 0.481 e. The molecule has 144 valence electrons. The molecule has 8 heteroatoms. The minimum absolute atomic E-state index is 0.0975. The Morgan fingerprint density at radius 2 is 1.71 bits per heavy atom. The Morgan fingerprint density at radius 3 is 2.43 bits per heavy atom. The summed E-state index contributed by atoms with van der Waals surface area (Å²) in [4.78, 5) is 51.6. The van der Waals surface area contributed by atoms with E-state index in [1.807, 2.05) is 6.07 Å². The number of carboxylic acids is 1. The molecule has 2 aromatic carbocycles. The molecule has 0 saturated carbocycles. The molecule has 3 rings (SSSR count). The Labute approximate surface area is 159 Å². The van der Waals surface area contributed by atoms with E-state index in [-0.39, 0.29) is 19.4 Å². The van der Waals surface area contributed by atoms with Crippen molar-refractivity contribution in [1.29, 1.82) is 0 Å². The van der Waals surface area contributed by atoms with E-state index in [4.69, 9.17) is 5.11 Å². The minimum Gasteiger partial charge on any atom is -0.481 e. The van der Waals surface area contributed by atoms with Crippen molar-refractivity contribution in [3.05, 3.63) is 81.0 Å². The van der Waals surface area contributed by atoms with Gasteiger partial charge in [0, 0.05) is 13.0 Å². The second kappa shape index (κ2) is 8.34. The molecule has 0 aliphatic carbocycles. The van der Waals surface area contributed by atoms with E-state index in [0.717, 1.165) is 10.1 Å². The van der Waals surface area contributed by atoms with Crippen LogP contribution in [-0.2, 0) is 16.0 Å². The third kappa shape index (κ3) is 4.17. The molecule has 0 saturated heterocycles. The third-order valence-electron chi connectivity index (χ3n) is 4.36. The summed E-state index contributed by atoms with van der Waals surface area (Å²) in [6, 6.07) is 14.4. The summed E-state index contributed by atoms with van der Waals surface area (Å²) in [7, 11) is 0. The van der Waals surface area contributed by atoms with E-state index in [0.29, 0.717) is 10.9 Å². The Morgan fingerprint density at radius 1 is 1.04 bits per heavy atom. The van der Waals surface area contributed by atoms with Crippen molar-refractivity contribution in [3.8, 4) is 0 Å². The number of carboxylic acid groups (broad SMARTS) is 1. The van der Waals surface area contributed by atoms with Gasteiger partial charge in [0.1, 0.15) is 6.04 Å². The Balaban J connectivity index is 2.04. The number of rotatable bonds is 7. The van der Waals surface area contributed by atoms with E-state index in [9.17, 15) is 19.2 Å². The van der Waals surface area contributed by atoms with Crippen LogP contribution in [0.3, 0.4) is 0 Å². The fourth-order valence-corrected chi connectivity index (χ4v) is 3.01. The number of hydrogen-bond acceptors (Lipinski definition) is 4. The summed E-state index contributed by atoms with van der Waals surface area (Å²) < 4.78 is 0.894. The highest BCUT2D eigenvalue weighted by molar-refractivity contribution is 5.82. The number of aliphatic carboxylic acids is 1. The SMILES string of the molecule is O=C(O)CCNC(=O)C(Cc1ccccc1)n1c(=O)[nH]c2ccccc2c1=O. The summed E-state index contributed by atoms with van der Waals surface area (Å²) in [6.45, 7) is -0.0975. The molecule has 3 aromatic rings. The number of H-pyrrole nitrogens is 1. The molecule has 0 spiro atoms. The molecule has 0 aliphatic heterocycles. The highest BCUT2D eigenvalue weighted by Crippen LogP contribution is 2.13. The maximum absolute atomic E-state index is 12.9. The summed E-state index contributed by atoms with van der Waals surface area (Å²) in [5.74, 6) is -1.64. The molecule has 0 aliphatic rings. The van der Waals surface area contributed by atoms with Gasteiger partial charge < -0.3 is 15.4 Å². The first-order valence-electron chi connectivity index (χ1n) is 8.74. The van der Waals surface area contributed by atoms with Crippen LogP contribution < -0.4 is 16.6 Å². The van der Waals surface area contributed by atoms with Crippen LogP contribution in [0.2, 0.25) is 0 Å². The predicted octanol–water partition coefficient (Wildman–Crippen LogP) is 1.06. The van der Waals surface area contributed by atoms with E-state index < -0.39 is 29.2 Å². The molecular weight excluding hydrogens is 362 g/mol. The van der Waals surface area contributed by atoms with E-state index >= 15 is 0 Å². The average Bonchev–Trinajstić information content (AvgIpc) is 2.67. The van der Waals surface area contributed by atoms with Crippen LogP contribution >= 0.6 is 0 Å². The monoisotopic (exact) mass is 381 g/mol. The fourth-order valence-electron chi connectivity index (χ4n) is 3.01. The smallest absolute Gasteiger partial charge is 0.329 e. The van der Waals surface area contributed by atoms with Crippen LogP contribution in [0.15, 0.2) is 64.2 Å². The second-order valence-corrected chi connectivity index (χ2v) is 6.29. The van der Waals surface area contributed by atoms with Gasteiger partial charge in [0.25, 0.3) is 5.56 Å². The lowest BCUT2D eigenvalue weighted by Gasteiger charge is -2.19. The number of hydrogen-bond donors (Lipinski definition) is 3. The van der Waals surface area contributed by atoms with Gasteiger partial charge in [0.15, 0.2) is 0 Å². The van der Waals surface area contributed by atoms with Gasteiger partial charge in [-0.2, -0.15) is 0 Å². The number of nitrogens with one attached hydrogen (secondary N) is 2. The normalized spacial score (nSPS) is 11.9. The number of benzene rings is 2. The Kier molecular flexibility index (Phi) is 5.69. The molecule has 0 bridgehead atoms. The van der Waals surface area contributed by atoms with Crippen molar-refractivity contribution in [3.63, 3.8) is 0 Å². The molecular formula is C20H19N3O5. The van der Waals surface area contributed by atoms with Crippen LogP contribution in [-0.4, -0.2) is 33.1 Å². The molecule has 1 unspecified atom stereocenters. The van der Waals surface area contributed by atoms with Crippen molar-refractivity contribution < 1.29 is 14.7 Å². The lowest BCUT2D eigenvalue weighted by atomic mass is 10.0. The molecule has 1 aromatic heterocycles. The predicted molar refractivity (Wildman–Crippen MR) is 103 cm³/mol. The molecule has 0 radical (unpaired) electrons. The molecule has 1 atom stereocenters. The number of carbonyl (C=O) groups is 2. The molecule has 1 amide bonds. The molecule has 3 N–H and O–H groups in total. The van der Waals surface area contributed by atoms with Crippen LogP contribution in [0.4, 0.5) is 0 Å². The number of aromatic nitrogens is 2.